The van der Waals surface area contributed by atoms with E-state index in [0.29, 0.717) is 6.54 Å². The van der Waals surface area contributed by atoms with Gasteiger partial charge in [0.2, 0.25) is 0 Å². The van der Waals surface area contributed by atoms with Gasteiger partial charge in [-0.25, -0.2) is 8.42 Å². The SMILES string of the molecule is COc1ccc(N(c2ccc(OC)cc2)c2ccc3c4ccc(N(c5ccc(OC)cc5)c5ccc(OC)cc5)cc4n(CCC(C)S(=O)(=O)[O-])c3c2)cc1.[Cs+]. The number of benzene rings is 6. The summed E-state index contributed by atoms with van der Waals surface area (Å²) in [6, 6.07) is 44.0. The summed E-state index contributed by atoms with van der Waals surface area (Å²) in [5.74, 6) is 2.97. The molecule has 0 N–H and O–H groups in total. The molecule has 0 spiro atoms. The van der Waals surface area contributed by atoms with Gasteiger partial charge in [-0.2, -0.15) is 0 Å². The second-order valence-electron chi connectivity index (χ2n) is 13.1. The number of hydrogen-bond acceptors (Lipinski definition) is 9. The molecule has 56 heavy (non-hydrogen) atoms. The van der Waals surface area contributed by atoms with E-state index in [9.17, 15) is 13.0 Å². The molecule has 0 aliphatic heterocycles. The summed E-state index contributed by atoms with van der Waals surface area (Å²) in [6.45, 7) is 1.77. The van der Waals surface area contributed by atoms with Gasteiger partial charge in [0.25, 0.3) is 0 Å². The van der Waals surface area contributed by atoms with Crippen LogP contribution >= 0.6 is 0 Å². The van der Waals surface area contributed by atoms with E-state index in [2.05, 4.69) is 50.8 Å². The quantitative estimate of drug-likeness (QED) is 0.106. The summed E-state index contributed by atoms with van der Waals surface area (Å²) >= 11 is 0. The van der Waals surface area contributed by atoms with E-state index in [4.69, 9.17) is 18.9 Å². The van der Waals surface area contributed by atoms with Gasteiger partial charge in [-0.3, -0.25) is 0 Å². The predicted molar refractivity (Wildman–Crippen MR) is 219 cm³/mol. The van der Waals surface area contributed by atoms with E-state index in [1.54, 1.807) is 28.4 Å². The maximum absolute atomic E-state index is 12.1. The van der Waals surface area contributed by atoms with Gasteiger partial charge in [0.15, 0.2) is 0 Å². The Morgan fingerprint density at radius 3 is 1.07 bits per heavy atom. The van der Waals surface area contributed by atoms with Crippen LogP contribution in [0.1, 0.15) is 13.3 Å². The summed E-state index contributed by atoms with van der Waals surface area (Å²) in [7, 11) is 2.06. The molecule has 1 unspecified atom stereocenters. The fraction of sp³-hybridized carbons (Fsp3) is 0.182. The Kier molecular flexibility index (Phi) is 13.3. The first-order valence-corrected chi connectivity index (χ1v) is 19.3. The maximum Gasteiger partial charge on any atom is 1.00 e. The van der Waals surface area contributed by atoms with Crippen LogP contribution in [0.5, 0.6) is 23.0 Å². The first kappa shape index (κ1) is 41.5. The molecule has 0 aliphatic carbocycles. The Morgan fingerprint density at radius 1 is 0.518 bits per heavy atom. The van der Waals surface area contributed by atoms with Gasteiger partial charge < -0.3 is 37.9 Å². The molecule has 10 nitrogen and oxygen atoms in total. The van der Waals surface area contributed by atoms with Crippen molar-refractivity contribution in [1.29, 1.82) is 0 Å². The van der Waals surface area contributed by atoms with Crippen molar-refractivity contribution < 1.29 is 101 Å². The summed E-state index contributed by atoms with van der Waals surface area (Å²) in [5.41, 5.74) is 7.21. The Balaban J connectivity index is 0.00000532. The summed E-state index contributed by atoms with van der Waals surface area (Å²) in [5, 5.41) is 0.914. The zero-order valence-corrected chi connectivity index (χ0v) is 39.4. The Labute approximate surface area is 386 Å². The number of aryl methyl sites for hydroxylation is 1. The van der Waals surface area contributed by atoms with Crippen molar-refractivity contribution in [1.82, 2.24) is 4.57 Å². The van der Waals surface area contributed by atoms with E-state index in [-0.39, 0.29) is 75.3 Å². The average molecular weight is 890 g/mol. The molecule has 282 valence electrons. The van der Waals surface area contributed by atoms with E-state index in [0.717, 1.165) is 78.9 Å². The van der Waals surface area contributed by atoms with Crippen molar-refractivity contribution in [3.63, 3.8) is 0 Å². The van der Waals surface area contributed by atoms with Gasteiger partial charge in [0.1, 0.15) is 23.0 Å². The molecule has 0 fully saturated rings. The Morgan fingerprint density at radius 2 is 0.804 bits per heavy atom. The van der Waals surface area contributed by atoms with Crippen molar-refractivity contribution in [3.8, 4) is 23.0 Å². The smallest absolute Gasteiger partial charge is 0.748 e. The first-order valence-electron chi connectivity index (χ1n) is 17.8. The molecule has 0 amide bonds. The molecule has 7 rings (SSSR count). The molecule has 0 bridgehead atoms. The second kappa shape index (κ2) is 18.0. The summed E-state index contributed by atoms with van der Waals surface area (Å²) in [4.78, 5) is 4.29. The molecule has 1 heterocycles. The topological polar surface area (TPSA) is 106 Å². The molecular weight excluding hydrogens is 847 g/mol. The van der Waals surface area contributed by atoms with Crippen molar-refractivity contribution in [2.45, 2.75) is 25.1 Å². The van der Waals surface area contributed by atoms with Gasteiger partial charge in [-0.15, -0.1) is 0 Å². The maximum atomic E-state index is 12.1. The van der Waals surface area contributed by atoms with Gasteiger partial charge in [-0.1, -0.05) is 12.1 Å². The average Bonchev–Trinajstić information content (AvgIpc) is 3.52. The van der Waals surface area contributed by atoms with Gasteiger partial charge in [-0.05, 0) is 135 Å². The third-order valence-electron chi connectivity index (χ3n) is 9.93. The van der Waals surface area contributed by atoms with Crippen LogP contribution < -0.4 is 97.6 Å². The molecule has 0 aliphatic rings. The minimum absolute atomic E-state index is 0. The van der Waals surface area contributed by atoms with Crippen LogP contribution in [0.4, 0.5) is 34.1 Å². The number of ether oxygens (including phenoxy) is 4. The van der Waals surface area contributed by atoms with Gasteiger partial charge >= 0.3 is 68.9 Å². The zero-order valence-electron chi connectivity index (χ0n) is 32.3. The zero-order chi connectivity index (χ0) is 38.7. The van der Waals surface area contributed by atoms with Crippen molar-refractivity contribution >= 4 is 66.0 Å². The molecule has 0 saturated carbocycles. The van der Waals surface area contributed by atoms with Gasteiger partial charge in [0, 0.05) is 56.7 Å². The minimum atomic E-state index is -4.49. The van der Waals surface area contributed by atoms with Crippen LogP contribution in [0.3, 0.4) is 0 Å². The van der Waals surface area contributed by atoms with E-state index in [1.807, 2.05) is 97.1 Å². The third kappa shape index (κ3) is 8.72. The first-order chi connectivity index (χ1) is 26.6. The predicted octanol–water partition coefficient (Wildman–Crippen LogP) is 7.10. The minimum Gasteiger partial charge on any atom is -0.748 e. The van der Waals surface area contributed by atoms with Crippen LogP contribution in [0, 0.1) is 0 Å². The van der Waals surface area contributed by atoms with Crippen LogP contribution in [0.2, 0.25) is 0 Å². The number of nitrogens with zero attached hydrogens (tertiary/aromatic N) is 3. The molecule has 0 radical (unpaired) electrons. The summed E-state index contributed by atoms with van der Waals surface area (Å²) < 4.78 is 60.2. The van der Waals surface area contributed by atoms with Crippen LogP contribution in [-0.2, 0) is 16.7 Å². The fourth-order valence-electron chi connectivity index (χ4n) is 6.87. The monoisotopic (exact) mass is 889 g/mol. The molecule has 6 aromatic carbocycles. The van der Waals surface area contributed by atoms with Crippen molar-refractivity contribution in [3.05, 3.63) is 133 Å². The number of rotatable bonds is 14. The van der Waals surface area contributed by atoms with E-state index < -0.39 is 15.4 Å². The molecular formula is C44H42CsN3O7S. The number of methoxy groups -OCH3 is 4. The molecule has 0 saturated heterocycles. The Bertz CT molecular complexity index is 2270. The number of aromatic nitrogens is 1. The van der Waals surface area contributed by atoms with Gasteiger partial charge in [0.05, 0.1) is 49.6 Å². The van der Waals surface area contributed by atoms with E-state index >= 15 is 0 Å². The normalized spacial score (nSPS) is 11.8. The van der Waals surface area contributed by atoms with Crippen LogP contribution in [0.15, 0.2) is 133 Å². The molecule has 12 heteroatoms. The standard InChI is InChI=1S/C44H43N3O7S.Cs/c1-30(55(48,49)50)26-27-45-43-28-35(46(31-6-16-37(51-2)17-7-31)32-8-18-38(52-3)19-9-32)14-24-41(43)42-25-15-36(29-44(42)45)47(33-10-20-39(53-4)21-11-33)34-12-22-40(54-5)23-13-34;/h6-25,28-30H,26-27H2,1-5H3,(H,48,49,50);/q;+1/p-1. The largest absolute Gasteiger partial charge is 1.00 e. The second-order valence-corrected chi connectivity index (χ2v) is 14.9. The van der Waals surface area contributed by atoms with Crippen LogP contribution in [0.25, 0.3) is 21.8 Å². The number of anilines is 6. The van der Waals surface area contributed by atoms with Crippen molar-refractivity contribution in [2.75, 3.05) is 38.2 Å². The third-order valence-corrected chi connectivity index (χ3v) is 11.1. The van der Waals surface area contributed by atoms with Crippen LogP contribution in [-0.4, -0.2) is 51.2 Å². The number of fused-ring (bicyclic) bond motifs is 3. The number of hydrogen-bond donors (Lipinski definition) is 0. The van der Waals surface area contributed by atoms with Crippen molar-refractivity contribution in [2.24, 2.45) is 0 Å². The summed E-state index contributed by atoms with van der Waals surface area (Å²) in [6.07, 6.45) is 0.139. The molecule has 1 aromatic heterocycles. The molecule has 7 aromatic rings. The fourth-order valence-corrected chi connectivity index (χ4v) is 7.26. The Hall–Kier alpha value is -4.12. The van der Waals surface area contributed by atoms with E-state index in [1.165, 1.54) is 6.92 Å². The molecule has 1 atom stereocenters.